The van der Waals surface area contributed by atoms with Crippen LogP contribution in [-0.4, -0.2) is 13.0 Å². The van der Waals surface area contributed by atoms with E-state index >= 15 is 0 Å². The van der Waals surface area contributed by atoms with Gasteiger partial charge in [-0.3, -0.25) is 4.79 Å². The van der Waals surface area contributed by atoms with Crippen LogP contribution in [0.15, 0.2) is 59.0 Å². The molecular formula is C24H27NO4. The molecule has 3 aromatic rings. The summed E-state index contributed by atoms with van der Waals surface area (Å²) < 4.78 is 16.7. The van der Waals surface area contributed by atoms with Gasteiger partial charge in [0.15, 0.2) is 5.76 Å². The molecule has 29 heavy (non-hydrogen) atoms. The first kappa shape index (κ1) is 20.5. The number of aryl methyl sites for hydroxylation is 1. The van der Waals surface area contributed by atoms with E-state index in [0.717, 1.165) is 11.3 Å². The fraction of sp³-hybridized carbons (Fsp3) is 0.292. The maximum absolute atomic E-state index is 12.5. The summed E-state index contributed by atoms with van der Waals surface area (Å²) in [5, 5.41) is 2.83. The summed E-state index contributed by atoms with van der Waals surface area (Å²) in [7, 11) is 1.57. The summed E-state index contributed by atoms with van der Waals surface area (Å²) in [6.45, 7) is 8.71. The van der Waals surface area contributed by atoms with Crippen molar-refractivity contribution in [3.8, 4) is 11.5 Å². The number of methoxy groups -OCH3 is 1. The van der Waals surface area contributed by atoms with Crippen molar-refractivity contribution in [1.82, 2.24) is 0 Å². The number of carbonyl (C=O) groups is 1. The normalized spacial score (nSPS) is 11.2. The van der Waals surface area contributed by atoms with Crippen LogP contribution in [0.25, 0.3) is 0 Å². The third-order valence-electron chi connectivity index (χ3n) is 4.59. The van der Waals surface area contributed by atoms with E-state index in [2.05, 4.69) is 38.2 Å². The van der Waals surface area contributed by atoms with Crippen LogP contribution in [0, 0.1) is 6.92 Å². The summed E-state index contributed by atoms with van der Waals surface area (Å²) >= 11 is 0. The van der Waals surface area contributed by atoms with E-state index in [4.69, 9.17) is 13.9 Å². The number of ether oxygens (including phenoxy) is 2. The van der Waals surface area contributed by atoms with Crippen LogP contribution in [0.4, 0.5) is 5.69 Å². The monoisotopic (exact) mass is 393 g/mol. The van der Waals surface area contributed by atoms with E-state index < -0.39 is 0 Å². The molecule has 0 aliphatic carbocycles. The predicted octanol–water partition coefficient (Wildman–Crippen LogP) is 5.73. The van der Waals surface area contributed by atoms with Gasteiger partial charge in [0.25, 0.3) is 5.91 Å². The Morgan fingerprint density at radius 2 is 1.76 bits per heavy atom. The third kappa shape index (κ3) is 5.19. The van der Waals surface area contributed by atoms with Gasteiger partial charge >= 0.3 is 0 Å². The van der Waals surface area contributed by atoms with Gasteiger partial charge in [-0.05, 0) is 59.9 Å². The molecule has 0 saturated carbocycles. The molecule has 5 nitrogen and oxygen atoms in total. The van der Waals surface area contributed by atoms with Gasteiger partial charge in [-0.2, -0.15) is 0 Å². The van der Waals surface area contributed by atoms with Crippen LogP contribution >= 0.6 is 0 Å². The van der Waals surface area contributed by atoms with Gasteiger partial charge in [-0.15, -0.1) is 0 Å². The number of nitrogens with one attached hydrogen (secondary N) is 1. The highest BCUT2D eigenvalue weighted by Crippen LogP contribution is 2.27. The van der Waals surface area contributed by atoms with Crippen molar-refractivity contribution in [2.45, 2.75) is 39.7 Å². The zero-order valence-electron chi connectivity index (χ0n) is 17.5. The number of benzene rings is 2. The van der Waals surface area contributed by atoms with Crippen molar-refractivity contribution >= 4 is 11.6 Å². The minimum absolute atomic E-state index is 0.0990. The Hall–Kier alpha value is -3.21. The van der Waals surface area contributed by atoms with Crippen LogP contribution in [0.3, 0.4) is 0 Å². The van der Waals surface area contributed by atoms with E-state index in [9.17, 15) is 4.79 Å². The van der Waals surface area contributed by atoms with Crippen molar-refractivity contribution in [2.24, 2.45) is 0 Å². The average Bonchev–Trinajstić information content (AvgIpc) is 3.15. The van der Waals surface area contributed by atoms with Crippen molar-refractivity contribution < 1.29 is 18.7 Å². The van der Waals surface area contributed by atoms with Crippen molar-refractivity contribution in [3.63, 3.8) is 0 Å². The number of rotatable bonds is 6. The number of carbonyl (C=O) groups excluding carboxylic acids is 1. The third-order valence-corrected chi connectivity index (χ3v) is 4.59. The fourth-order valence-corrected chi connectivity index (χ4v) is 2.89. The first-order chi connectivity index (χ1) is 13.8. The topological polar surface area (TPSA) is 60.7 Å². The molecule has 5 heteroatoms. The smallest absolute Gasteiger partial charge is 0.291 e. The maximum Gasteiger partial charge on any atom is 0.291 e. The molecule has 1 N–H and O–H groups in total. The quantitative estimate of drug-likeness (QED) is 0.581. The standard InChI is InChI=1S/C24H27NO4/c1-16-6-12-21(27-5)20(14-16)25-23(26)22-13-11-19(29-22)15-28-18-9-7-17(8-10-18)24(2,3)4/h6-14H,15H2,1-5H3,(H,25,26). The number of hydrogen-bond donors (Lipinski definition) is 1. The molecule has 0 aliphatic rings. The van der Waals surface area contributed by atoms with Crippen molar-refractivity contribution in [2.75, 3.05) is 12.4 Å². The second-order valence-corrected chi connectivity index (χ2v) is 7.99. The molecule has 1 aromatic heterocycles. The minimum atomic E-state index is -0.338. The van der Waals surface area contributed by atoms with Gasteiger partial charge < -0.3 is 19.2 Å². The lowest BCUT2D eigenvalue weighted by Crippen LogP contribution is -2.12. The zero-order valence-corrected chi connectivity index (χ0v) is 17.5. The summed E-state index contributed by atoms with van der Waals surface area (Å²) in [5.74, 6) is 1.80. The second kappa shape index (κ2) is 8.43. The van der Waals surface area contributed by atoms with Gasteiger partial charge in [0.05, 0.1) is 12.8 Å². The number of hydrogen-bond acceptors (Lipinski definition) is 4. The van der Waals surface area contributed by atoms with Crippen LogP contribution in [-0.2, 0) is 12.0 Å². The average molecular weight is 393 g/mol. The number of amides is 1. The highest BCUT2D eigenvalue weighted by atomic mass is 16.5. The van der Waals surface area contributed by atoms with E-state index in [0.29, 0.717) is 17.2 Å². The highest BCUT2D eigenvalue weighted by Gasteiger charge is 2.15. The molecule has 1 amide bonds. The first-order valence-corrected chi connectivity index (χ1v) is 9.54. The molecule has 0 atom stereocenters. The summed E-state index contributed by atoms with van der Waals surface area (Å²) in [4.78, 5) is 12.5. The van der Waals surface area contributed by atoms with Crippen LogP contribution in [0.5, 0.6) is 11.5 Å². The Balaban J connectivity index is 1.62. The van der Waals surface area contributed by atoms with Crippen LogP contribution in [0.1, 0.15) is 48.2 Å². The Morgan fingerprint density at radius 3 is 2.41 bits per heavy atom. The molecule has 2 aromatic carbocycles. The van der Waals surface area contributed by atoms with Crippen molar-refractivity contribution in [1.29, 1.82) is 0 Å². The molecule has 0 saturated heterocycles. The largest absolute Gasteiger partial charge is 0.495 e. The molecule has 0 unspecified atom stereocenters. The fourth-order valence-electron chi connectivity index (χ4n) is 2.89. The van der Waals surface area contributed by atoms with Gasteiger partial charge in [0, 0.05) is 0 Å². The molecule has 0 aliphatic heterocycles. The summed E-state index contributed by atoms with van der Waals surface area (Å²) in [5.41, 5.74) is 2.97. The predicted molar refractivity (Wildman–Crippen MR) is 114 cm³/mol. The number of furan rings is 1. The molecule has 0 fully saturated rings. The molecule has 3 rings (SSSR count). The first-order valence-electron chi connectivity index (χ1n) is 9.54. The lowest BCUT2D eigenvalue weighted by Gasteiger charge is -2.19. The molecule has 0 radical (unpaired) electrons. The van der Waals surface area contributed by atoms with Crippen LogP contribution in [0.2, 0.25) is 0 Å². The summed E-state index contributed by atoms with van der Waals surface area (Å²) in [6, 6.07) is 17.0. The van der Waals surface area contributed by atoms with Gasteiger partial charge in [0.1, 0.15) is 23.9 Å². The Labute approximate surface area is 171 Å². The zero-order chi connectivity index (χ0) is 21.0. The van der Waals surface area contributed by atoms with Gasteiger partial charge in [-0.25, -0.2) is 0 Å². The highest BCUT2D eigenvalue weighted by molar-refractivity contribution is 6.03. The van der Waals surface area contributed by atoms with Gasteiger partial charge in [0.2, 0.25) is 0 Å². The van der Waals surface area contributed by atoms with Crippen molar-refractivity contribution in [3.05, 3.63) is 77.2 Å². The van der Waals surface area contributed by atoms with E-state index in [1.54, 1.807) is 19.2 Å². The lowest BCUT2D eigenvalue weighted by atomic mass is 9.87. The minimum Gasteiger partial charge on any atom is -0.495 e. The molecule has 152 valence electrons. The molecule has 0 spiro atoms. The SMILES string of the molecule is COc1ccc(C)cc1NC(=O)c1ccc(COc2ccc(C(C)(C)C)cc2)o1. The maximum atomic E-state index is 12.5. The van der Waals surface area contributed by atoms with E-state index in [-0.39, 0.29) is 23.7 Å². The Kier molecular flexibility index (Phi) is 5.97. The molecule has 0 bridgehead atoms. The molecule has 1 heterocycles. The summed E-state index contributed by atoms with van der Waals surface area (Å²) in [6.07, 6.45) is 0. The molecular weight excluding hydrogens is 366 g/mol. The number of anilines is 1. The Morgan fingerprint density at radius 1 is 1.03 bits per heavy atom. The Bertz CT molecular complexity index is 981. The lowest BCUT2D eigenvalue weighted by molar-refractivity contribution is 0.0992. The van der Waals surface area contributed by atoms with Gasteiger partial charge in [-0.1, -0.05) is 39.0 Å². The second-order valence-electron chi connectivity index (χ2n) is 7.99. The van der Waals surface area contributed by atoms with E-state index in [1.165, 1.54) is 5.56 Å². The van der Waals surface area contributed by atoms with E-state index in [1.807, 2.05) is 37.3 Å². The van der Waals surface area contributed by atoms with Crippen LogP contribution < -0.4 is 14.8 Å².